The summed E-state index contributed by atoms with van der Waals surface area (Å²) in [4.78, 5) is 10.6. The van der Waals surface area contributed by atoms with Gasteiger partial charge in [-0.2, -0.15) is 5.10 Å². The predicted octanol–water partition coefficient (Wildman–Crippen LogP) is 3.18. The first-order valence-corrected chi connectivity index (χ1v) is 10.6. The van der Waals surface area contributed by atoms with Gasteiger partial charge >= 0.3 is 0 Å². The molecule has 29 heavy (non-hydrogen) atoms. The van der Waals surface area contributed by atoms with Gasteiger partial charge in [0.2, 0.25) is 0 Å². The van der Waals surface area contributed by atoms with Gasteiger partial charge < -0.3 is 14.5 Å². The van der Waals surface area contributed by atoms with E-state index in [2.05, 4.69) is 33.9 Å². The summed E-state index contributed by atoms with van der Waals surface area (Å²) in [6, 6.07) is 6.05. The lowest BCUT2D eigenvalue weighted by atomic mass is 9.76. The lowest BCUT2D eigenvalue weighted by molar-refractivity contribution is 0.0322. The van der Waals surface area contributed by atoms with E-state index >= 15 is 0 Å². The molecule has 1 fully saturated rings. The van der Waals surface area contributed by atoms with E-state index in [4.69, 9.17) is 14.5 Å². The minimum Gasteiger partial charge on any atom is -0.492 e. The van der Waals surface area contributed by atoms with E-state index in [0.29, 0.717) is 12.0 Å². The second-order valence-corrected chi connectivity index (χ2v) is 8.94. The molecule has 0 bridgehead atoms. The van der Waals surface area contributed by atoms with Crippen LogP contribution in [-0.2, 0) is 17.6 Å². The van der Waals surface area contributed by atoms with Gasteiger partial charge in [-0.3, -0.25) is 10.00 Å². The van der Waals surface area contributed by atoms with Crippen LogP contribution in [-0.4, -0.2) is 64.5 Å². The van der Waals surface area contributed by atoms with Gasteiger partial charge in [-0.25, -0.2) is 4.98 Å². The molecule has 2 aromatic heterocycles. The number of benzene rings is 1. The van der Waals surface area contributed by atoms with Gasteiger partial charge in [0.15, 0.2) is 5.82 Å². The van der Waals surface area contributed by atoms with Crippen LogP contribution >= 0.6 is 0 Å². The zero-order valence-corrected chi connectivity index (χ0v) is 17.3. The van der Waals surface area contributed by atoms with Gasteiger partial charge in [0.1, 0.15) is 18.1 Å². The van der Waals surface area contributed by atoms with Crippen LogP contribution in [0.15, 0.2) is 18.2 Å². The maximum absolute atomic E-state index is 5.98. The van der Waals surface area contributed by atoms with Crippen molar-refractivity contribution < 1.29 is 9.47 Å². The summed E-state index contributed by atoms with van der Waals surface area (Å²) in [5.41, 5.74) is 5.78. The number of morpholine rings is 1. The maximum Gasteiger partial charge on any atom is 0.159 e. The number of imidazole rings is 1. The van der Waals surface area contributed by atoms with Crippen molar-refractivity contribution in [1.29, 1.82) is 0 Å². The maximum atomic E-state index is 5.98. The normalized spacial score (nSPS) is 19.4. The molecule has 3 aromatic rings. The molecule has 2 aliphatic rings. The van der Waals surface area contributed by atoms with Crippen molar-refractivity contribution >= 4 is 11.0 Å². The topological polar surface area (TPSA) is 79.1 Å². The highest BCUT2D eigenvalue weighted by Crippen LogP contribution is 2.37. The molecule has 1 saturated heterocycles. The highest BCUT2D eigenvalue weighted by molar-refractivity contribution is 5.80. The van der Waals surface area contributed by atoms with Crippen LogP contribution in [0, 0.1) is 5.41 Å². The van der Waals surface area contributed by atoms with Crippen LogP contribution in [0.25, 0.3) is 22.6 Å². The molecule has 5 rings (SSSR count). The number of nitrogens with zero attached hydrogens (tertiary/aromatic N) is 3. The molecule has 1 aliphatic heterocycles. The molecule has 2 N–H and O–H groups in total. The number of hydrogen-bond donors (Lipinski definition) is 2. The van der Waals surface area contributed by atoms with Crippen molar-refractivity contribution in [2.75, 3.05) is 39.5 Å². The number of ether oxygens (including phenoxy) is 2. The number of fused-ring (bicyclic) bond motifs is 2. The summed E-state index contributed by atoms with van der Waals surface area (Å²) in [5.74, 6) is 1.70. The van der Waals surface area contributed by atoms with Gasteiger partial charge in [0.05, 0.1) is 24.2 Å². The molecule has 0 unspecified atom stereocenters. The monoisotopic (exact) mass is 395 g/mol. The number of nitrogens with one attached hydrogen (secondary N) is 2. The average molecular weight is 396 g/mol. The number of aromatic amines is 2. The number of hydrogen-bond acceptors (Lipinski definition) is 5. The van der Waals surface area contributed by atoms with Crippen LogP contribution in [0.4, 0.5) is 0 Å². The summed E-state index contributed by atoms with van der Waals surface area (Å²) in [6.45, 7) is 9.83. The quantitative estimate of drug-likeness (QED) is 0.694. The molecule has 0 saturated carbocycles. The molecule has 1 aromatic carbocycles. The Morgan fingerprint density at radius 1 is 1.24 bits per heavy atom. The zero-order chi connectivity index (χ0) is 19.8. The van der Waals surface area contributed by atoms with E-state index in [0.717, 1.165) is 74.0 Å². The standard InChI is InChI=1S/C22H29N5O2/c1-22(2)6-5-16-19(14-22)25-26-20(16)21-23-17-4-3-15(13-18(17)24-21)29-12-9-27-7-10-28-11-8-27/h3-4,13H,5-12,14H2,1-2H3,(H,23,24)(H,25,26). The minimum absolute atomic E-state index is 0.331. The third-order valence-electron chi connectivity index (χ3n) is 6.12. The summed E-state index contributed by atoms with van der Waals surface area (Å²) < 4.78 is 11.4. The van der Waals surface area contributed by atoms with Crippen LogP contribution in [0.5, 0.6) is 5.75 Å². The smallest absolute Gasteiger partial charge is 0.159 e. The molecule has 7 nitrogen and oxygen atoms in total. The van der Waals surface area contributed by atoms with Gasteiger partial charge in [-0.1, -0.05) is 13.8 Å². The zero-order valence-electron chi connectivity index (χ0n) is 17.3. The van der Waals surface area contributed by atoms with Crippen molar-refractivity contribution in [1.82, 2.24) is 25.1 Å². The molecular formula is C22H29N5O2. The first kappa shape index (κ1) is 18.6. The van der Waals surface area contributed by atoms with Crippen LogP contribution in [0.3, 0.4) is 0 Å². The van der Waals surface area contributed by atoms with Crippen molar-refractivity contribution in [3.63, 3.8) is 0 Å². The first-order chi connectivity index (χ1) is 14.1. The van der Waals surface area contributed by atoms with Gasteiger partial charge in [0, 0.05) is 37.0 Å². The fraction of sp³-hybridized carbons (Fsp3) is 0.545. The number of rotatable bonds is 5. The molecule has 0 radical (unpaired) electrons. The van der Waals surface area contributed by atoms with Crippen LogP contribution < -0.4 is 4.74 Å². The Hall–Kier alpha value is -2.38. The molecule has 0 amide bonds. The van der Waals surface area contributed by atoms with Gasteiger partial charge in [-0.15, -0.1) is 0 Å². The van der Waals surface area contributed by atoms with E-state index in [1.54, 1.807) is 0 Å². The van der Waals surface area contributed by atoms with Crippen molar-refractivity contribution in [3.05, 3.63) is 29.5 Å². The lowest BCUT2D eigenvalue weighted by Crippen LogP contribution is -2.38. The van der Waals surface area contributed by atoms with E-state index in [1.807, 2.05) is 18.2 Å². The fourth-order valence-corrected chi connectivity index (χ4v) is 4.35. The lowest BCUT2D eigenvalue weighted by Gasteiger charge is -2.28. The molecular weight excluding hydrogens is 366 g/mol. The second kappa shape index (κ2) is 7.46. The summed E-state index contributed by atoms with van der Waals surface area (Å²) >= 11 is 0. The molecule has 1 aliphatic carbocycles. The molecule has 3 heterocycles. The Kier molecular flexibility index (Phi) is 4.80. The van der Waals surface area contributed by atoms with E-state index in [1.165, 1.54) is 17.7 Å². The van der Waals surface area contributed by atoms with Crippen molar-refractivity contribution in [2.24, 2.45) is 5.41 Å². The summed E-state index contributed by atoms with van der Waals surface area (Å²) in [7, 11) is 0. The second-order valence-electron chi connectivity index (χ2n) is 8.94. The average Bonchev–Trinajstić information content (AvgIpc) is 3.31. The Balaban J connectivity index is 1.30. The third-order valence-corrected chi connectivity index (χ3v) is 6.12. The van der Waals surface area contributed by atoms with E-state index in [-0.39, 0.29) is 0 Å². The predicted molar refractivity (Wildman–Crippen MR) is 112 cm³/mol. The third kappa shape index (κ3) is 3.89. The largest absolute Gasteiger partial charge is 0.492 e. The Morgan fingerprint density at radius 3 is 2.97 bits per heavy atom. The fourth-order valence-electron chi connectivity index (χ4n) is 4.35. The minimum atomic E-state index is 0.331. The van der Waals surface area contributed by atoms with Gasteiger partial charge in [0.25, 0.3) is 0 Å². The van der Waals surface area contributed by atoms with E-state index in [9.17, 15) is 0 Å². The molecule has 154 valence electrons. The van der Waals surface area contributed by atoms with Crippen LogP contribution in [0.1, 0.15) is 31.5 Å². The van der Waals surface area contributed by atoms with Crippen molar-refractivity contribution in [3.8, 4) is 17.3 Å². The molecule has 0 spiro atoms. The molecule has 0 atom stereocenters. The first-order valence-electron chi connectivity index (χ1n) is 10.6. The van der Waals surface area contributed by atoms with E-state index < -0.39 is 0 Å². The summed E-state index contributed by atoms with van der Waals surface area (Å²) in [6.07, 6.45) is 3.26. The molecule has 7 heteroatoms. The highest BCUT2D eigenvalue weighted by Gasteiger charge is 2.29. The van der Waals surface area contributed by atoms with Crippen molar-refractivity contribution in [2.45, 2.75) is 33.1 Å². The SMILES string of the molecule is CC1(C)CCc2c(-c3nc4ccc(OCCN5CCOCC5)cc4[nH]3)n[nH]c2C1. The van der Waals surface area contributed by atoms with Crippen LogP contribution in [0.2, 0.25) is 0 Å². The Morgan fingerprint density at radius 2 is 2.10 bits per heavy atom. The number of H-pyrrole nitrogens is 2. The Labute approximate surface area is 170 Å². The number of aromatic nitrogens is 4. The highest BCUT2D eigenvalue weighted by atomic mass is 16.5. The Bertz CT molecular complexity index is 1000. The summed E-state index contributed by atoms with van der Waals surface area (Å²) in [5, 5.41) is 7.83. The van der Waals surface area contributed by atoms with Gasteiger partial charge in [-0.05, 0) is 36.8 Å².